The van der Waals surface area contributed by atoms with Gasteiger partial charge in [0, 0.05) is 30.1 Å². The zero-order chi connectivity index (χ0) is 21.5. The monoisotopic (exact) mass is 443 g/mol. The minimum absolute atomic E-state index is 0.00122. The third-order valence-electron chi connectivity index (χ3n) is 7.33. The number of benzene rings is 1. The van der Waals surface area contributed by atoms with Crippen LogP contribution in [0, 0.1) is 0 Å². The van der Waals surface area contributed by atoms with Crippen LogP contribution >= 0.6 is 11.8 Å². The maximum atomic E-state index is 13.2. The fourth-order valence-corrected chi connectivity index (χ4v) is 6.45. The predicted molar refractivity (Wildman–Crippen MR) is 127 cm³/mol. The van der Waals surface area contributed by atoms with Crippen molar-refractivity contribution < 1.29 is 9.59 Å². The highest BCUT2D eigenvalue weighted by Gasteiger charge is 2.38. The van der Waals surface area contributed by atoms with Gasteiger partial charge in [-0.2, -0.15) is 0 Å². The first-order valence-electron chi connectivity index (χ1n) is 12.2. The topological polar surface area (TPSA) is 52.7 Å². The molecule has 1 aromatic carbocycles. The lowest BCUT2D eigenvalue weighted by Gasteiger charge is -2.48. The fraction of sp³-hybridized carbons (Fsp3) is 0.680. The van der Waals surface area contributed by atoms with Crippen LogP contribution in [0.4, 0.5) is 0 Å². The Morgan fingerprint density at radius 1 is 0.871 bits per heavy atom. The Labute approximate surface area is 191 Å². The first-order chi connectivity index (χ1) is 15.2. The van der Waals surface area contributed by atoms with Crippen LogP contribution in [0.1, 0.15) is 74.6 Å². The Hall–Kier alpha value is -1.53. The molecule has 2 saturated heterocycles. The SMILES string of the molecule is O=C(NCC1(N2CCCCC2)CCCCC1)c1ccccc1SCC(=O)N1CCCC1. The van der Waals surface area contributed by atoms with Gasteiger partial charge in [-0.25, -0.2) is 0 Å². The average Bonchev–Trinajstić information content (AvgIpc) is 3.38. The van der Waals surface area contributed by atoms with Crippen molar-refractivity contribution >= 4 is 23.6 Å². The molecule has 3 aliphatic rings. The number of nitrogens with zero attached hydrogens (tertiary/aromatic N) is 2. The van der Waals surface area contributed by atoms with Crippen LogP contribution in [0.5, 0.6) is 0 Å². The van der Waals surface area contributed by atoms with Crippen LogP contribution in [0.3, 0.4) is 0 Å². The lowest BCUT2D eigenvalue weighted by atomic mass is 9.79. The Kier molecular flexibility index (Phi) is 7.94. The Morgan fingerprint density at radius 2 is 1.52 bits per heavy atom. The van der Waals surface area contributed by atoms with Crippen LogP contribution in [0.2, 0.25) is 0 Å². The summed E-state index contributed by atoms with van der Waals surface area (Å²) in [5.41, 5.74) is 0.827. The molecule has 4 rings (SSSR count). The maximum absolute atomic E-state index is 13.2. The van der Waals surface area contributed by atoms with Crippen LogP contribution in [0.15, 0.2) is 29.2 Å². The molecule has 2 heterocycles. The first kappa shape index (κ1) is 22.7. The molecule has 31 heavy (non-hydrogen) atoms. The molecule has 6 heteroatoms. The lowest BCUT2D eigenvalue weighted by Crippen LogP contribution is -2.58. The van der Waals surface area contributed by atoms with Gasteiger partial charge < -0.3 is 10.2 Å². The third-order valence-corrected chi connectivity index (χ3v) is 8.39. The van der Waals surface area contributed by atoms with Gasteiger partial charge in [0.2, 0.25) is 5.91 Å². The van der Waals surface area contributed by atoms with Gasteiger partial charge in [0.1, 0.15) is 0 Å². The van der Waals surface area contributed by atoms with E-state index in [4.69, 9.17) is 0 Å². The van der Waals surface area contributed by atoms with E-state index in [0.29, 0.717) is 11.3 Å². The number of likely N-dealkylation sites (tertiary alicyclic amines) is 2. The summed E-state index contributed by atoms with van der Waals surface area (Å²) in [4.78, 5) is 31.2. The van der Waals surface area contributed by atoms with Gasteiger partial charge in [0.05, 0.1) is 11.3 Å². The molecular formula is C25H37N3O2S. The van der Waals surface area contributed by atoms with Crippen LogP contribution in [0.25, 0.3) is 0 Å². The molecule has 1 saturated carbocycles. The molecule has 3 fully saturated rings. The number of rotatable bonds is 7. The normalized spacial score (nSPS) is 21.7. The molecule has 170 valence electrons. The van der Waals surface area contributed by atoms with E-state index in [0.717, 1.165) is 37.4 Å². The van der Waals surface area contributed by atoms with E-state index in [1.54, 1.807) is 0 Å². The minimum Gasteiger partial charge on any atom is -0.350 e. The van der Waals surface area contributed by atoms with Gasteiger partial charge in [-0.05, 0) is 63.7 Å². The number of thioether (sulfide) groups is 1. The van der Waals surface area contributed by atoms with E-state index in [-0.39, 0.29) is 17.4 Å². The molecule has 2 amide bonds. The smallest absolute Gasteiger partial charge is 0.252 e. The second kappa shape index (κ2) is 10.9. The highest BCUT2D eigenvalue weighted by Crippen LogP contribution is 2.35. The Bertz CT molecular complexity index is 751. The molecule has 0 spiro atoms. The van der Waals surface area contributed by atoms with Crippen molar-refractivity contribution in [2.24, 2.45) is 0 Å². The fourth-order valence-electron chi connectivity index (χ4n) is 5.50. The van der Waals surface area contributed by atoms with Gasteiger partial charge in [0.15, 0.2) is 0 Å². The summed E-state index contributed by atoms with van der Waals surface area (Å²) in [7, 11) is 0. The molecule has 0 aromatic heterocycles. The number of amides is 2. The average molecular weight is 444 g/mol. The van der Waals surface area contributed by atoms with Gasteiger partial charge in [-0.1, -0.05) is 37.8 Å². The Morgan fingerprint density at radius 3 is 2.26 bits per heavy atom. The molecule has 0 radical (unpaired) electrons. The minimum atomic E-state index is -0.00122. The van der Waals surface area contributed by atoms with Crippen molar-refractivity contribution in [1.82, 2.24) is 15.1 Å². The third kappa shape index (κ3) is 5.64. The zero-order valence-corrected chi connectivity index (χ0v) is 19.6. The van der Waals surface area contributed by atoms with E-state index >= 15 is 0 Å². The summed E-state index contributed by atoms with van der Waals surface area (Å²) in [5, 5.41) is 3.30. The van der Waals surface area contributed by atoms with Crippen molar-refractivity contribution in [3.63, 3.8) is 0 Å². The molecule has 0 atom stereocenters. The van der Waals surface area contributed by atoms with Gasteiger partial charge in [-0.3, -0.25) is 14.5 Å². The molecule has 2 aliphatic heterocycles. The maximum Gasteiger partial charge on any atom is 0.252 e. The second-order valence-corrected chi connectivity index (χ2v) is 10.4. The zero-order valence-electron chi connectivity index (χ0n) is 18.7. The summed E-state index contributed by atoms with van der Waals surface area (Å²) in [5.74, 6) is 0.588. The largest absolute Gasteiger partial charge is 0.350 e. The summed E-state index contributed by atoms with van der Waals surface area (Å²) >= 11 is 1.50. The number of hydrogen-bond donors (Lipinski definition) is 1. The second-order valence-electron chi connectivity index (χ2n) is 9.39. The standard InChI is InChI=1S/C25H37N3O2S/c29-23(27-15-9-10-16-27)19-31-22-12-4-3-11-21(22)24(30)26-20-25(13-5-1-6-14-25)28-17-7-2-8-18-28/h3-4,11-12H,1-2,5-10,13-20H2,(H,26,30). The lowest BCUT2D eigenvalue weighted by molar-refractivity contribution is -0.127. The molecule has 5 nitrogen and oxygen atoms in total. The summed E-state index contributed by atoms with van der Waals surface area (Å²) in [6.07, 6.45) is 12.3. The first-order valence-corrected chi connectivity index (χ1v) is 13.2. The van der Waals surface area contributed by atoms with Crippen LogP contribution in [-0.2, 0) is 4.79 Å². The van der Waals surface area contributed by atoms with Crippen LogP contribution in [-0.4, -0.2) is 65.6 Å². The van der Waals surface area contributed by atoms with E-state index in [2.05, 4.69) is 10.2 Å². The molecule has 0 bridgehead atoms. The van der Waals surface area contributed by atoms with Crippen LogP contribution < -0.4 is 5.32 Å². The number of carbonyl (C=O) groups is 2. The van der Waals surface area contributed by atoms with E-state index in [1.165, 1.54) is 76.2 Å². The Balaban J connectivity index is 1.39. The quantitative estimate of drug-likeness (QED) is 0.638. The molecule has 1 aromatic rings. The number of nitrogens with one attached hydrogen (secondary N) is 1. The summed E-state index contributed by atoms with van der Waals surface area (Å²) in [6, 6.07) is 7.74. The number of carbonyl (C=O) groups excluding carboxylic acids is 2. The summed E-state index contributed by atoms with van der Waals surface area (Å²) < 4.78 is 0. The molecular weight excluding hydrogens is 406 g/mol. The molecule has 0 unspecified atom stereocenters. The van der Waals surface area contributed by atoms with Crippen molar-refractivity contribution in [2.45, 2.75) is 74.6 Å². The number of hydrogen-bond acceptors (Lipinski definition) is 4. The van der Waals surface area contributed by atoms with Gasteiger partial charge in [0.25, 0.3) is 5.91 Å². The van der Waals surface area contributed by atoms with E-state index in [1.807, 2.05) is 29.2 Å². The van der Waals surface area contributed by atoms with Crippen molar-refractivity contribution in [3.05, 3.63) is 29.8 Å². The van der Waals surface area contributed by atoms with Crippen molar-refractivity contribution in [3.8, 4) is 0 Å². The van der Waals surface area contributed by atoms with E-state index in [9.17, 15) is 9.59 Å². The summed E-state index contributed by atoms with van der Waals surface area (Å²) in [6.45, 7) is 4.82. The van der Waals surface area contributed by atoms with Gasteiger partial charge >= 0.3 is 0 Å². The predicted octanol–water partition coefficient (Wildman–Crippen LogP) is 4.32. The number of piperidine rings is 1. The highest BCUT2D eigenvalue weighted by molar-refractivity contribution is 8.00. The van der Waals surface area contributed by atoms with Crippen molar-refractivity contribution in [1.29, 1.82) is 0 Å². The molecule has 1 N–H and O–H groups in total. The highest BCUT2D eigenvalue weighted by atomic mass is 32.2. The molecule has 1 aliphatic carbocycles. The van der Waals surface area contributed by atoms with Crippen molar-refractivity contribution in [2.75, 3.05) is 38.5 Å². The van der Waals surface area contributed by atoms with E-state index < -0.39 is 0 Å². The van der Waals surface area contributed by atoms with Gasteiger partial charge in [-0.15, -0.1) is 11.8 Å².